The molecule has 0 rings (SSSR count). The van der Waals surface area contributed by atoms with Gasteiger partial charge in [0.2, 0.25) is 0 Å². The van der Waals surface area contributed by atoms with E-state index in [1.807, 2.05) is 0 Å². The highest BCUT2D eigenvalue weighted by Gasteiger charge is 2.11. The SMILES string of the molecule is CC(C)C.CC(C)C.CC(C)C.CC(C)C.CC(C)C.CC(C)C.CC(C)C(C)C(C)C.CC(C)C(C)C(C)C.CCC(C)C(C)C.CCC(C)C(C)C.CCC(C)C(C)C.CCC(C)C(C)C.CCC(C)C(C)C. The topological polar surface area (TPSA) is 0 Å². The van der Waals surface area contributed by atoms with Crippen LogP contribution < -0.4 is 0 Å². The fourth-order valence-corrected chi connectivity index (χ4v) is 3.90. The zero-order valence-corrected chi connectivity index (χ0v) is 64.2. The van der Waals surface area contributed by atoms with Crippen LogP contribution in [0.3, 0.4) is 0 Å². The van der Waals surface area contributed by atoms with Gasteiger partial charge in [-0.2, -0.15) is 0 Å². The predicted molar refractivity (Wildman–Crippen MR) is 372 cm³/mol. The fraction of sp³-hybridized carbons (Fsp3) is 1.00. The van der Waals surface area contributed by atoms with Gasteiger partial charge in [0.05, 0.1) is 0 Å². The average molecular weight is 1080 g/mol. The van der Waals surface area contributed by atoms with Gasteiger partial charge in [-0.05, 0) is 130 Å². The highest BCUT2D eigenvalue weighted by Crippen LogP contribution is 2.19. The molecule has 0 aliphatic rings. The molecule has 0 fully saturated rings. The number of rotatable bonds is 14. The van der Waals surface area contributed by atoms with E-state index in [2.05, 4.69) is 332 Å². The lowest BCUT2D eigenvalue weighted by Crippen LogP contribution is -2.10. The first-order chi connectivity index (χ1) is 33.4. The summed E-state index contributed by atoms with van der Waals surface area (Å²) in [7, 11) is 0. The summed E-state index contributed by atoms with van der Waals surface area (Å²) in [5.41, 5.74) is 0. The quantitative estimate of drug-likeness (QED) is 0.163. The summed E-state index contributed by atoms with van der Waals surface area (Å²) >= 11 is 0. The van der Waals surface area contributed by atoms with Crippen LogP contribution in [-0.4, -0.2) is 0 Å². The lowest BCUT2D eigenvalue weighted by molar-refractivity contribution is 0.316. The molecular formula is C75H176. The zero-order valence-electron chi connectivity index (χ0n) is 64.2. The molecule has 0 aromatic carbocycles. The van der Waals surface area contributed by atoms with E-state index in [1.54, 1.807) is 0 Å². The summed E-state index contributed by atoms with van der Waals surface area (Å²) in [5.74, 6) is 19.0. The Bertz CT molecular complexity index is 665. The molecule has 0 radical (unpaired) electrons. The molecule has 5 atom stereocenters. The predicted octanol–water partition coefficient (Wildman–Crippen LogP) is 29.3. The third-order valence-electron chi connectivity index (χ3n) is 13.1. The van der Waals surface area contributed by atoms with Crippen molar-refractivity contribution >= 4 is 0 Å². The van der Waals surface area contributed by atoms with Gasteiger partial charge in [-0.3, -0.25) is 0 Å². The van der Waals surface area contributed by atoms with Crippen molar-refractivity contribution < 1.29 is 0 Å². The van der Waals surface area contributed by atoms with Crippen LogP contribution in [0.1, 0.15) is 364 Å². The van der Waals surface area contributed by atoms with Gasteiger partial charge in [-0.25, -0.2) is 0 Å². The van der Waals surface area contributed by atoms with Gasteiger partial charge in [-0.15, -0.1) is 0 Å². The monoisotopic (exact) mass is 1080 g/mol. The number of hydrogen-bond donors (Lipinski definition) is 0. The molecule has 0 spiro atoms. The van der Waals surface area contributed by atoms with E-state index in [9.17, 15) is 0 Å². The van der Waals surface area contributed by atoms with E-state index in [4.69, 9.17) is 0 Å². The molecule has 75 heavy (non-hydrogen) atoms. The van der Waals surface area contributed by atoms with E-state index in [1.165, 1.54) is 32.1 Å². The van der Waals surface area contributed by atoms with Crippen molar-refractivity contribution in [3.8, 4) is 0 Å². The Balaban J connectivity index is -0.0000000509. The molecule has 5 unspecified atom stereocenters. The molecule has 0 aromatic rings. The summed E-state index contributed by atoms with van der Waals surface area (Å²) in [4.78, 5) is 0. The second-order valence-corrected chi connectivity index (χ2v) is 30.2. The van der Waals surface area contributed by atoms with Crippen LogP contribution in [0.15, 0.2) is 0 Å². The average Bonchev–Trinajstić information content (AvgIpc) is 3.23. The third-order valence-corrected chi connectivity index (χ3v) is 13.1. The van der Waals surface area contributed by atoms with Gasteiger partial charge in [0.1, 0.15) is 0 Å². The third kappa shape index (κ3) is 181. The highest BCUT2D eigenvalue weighted by atomic mass is 14.2. The number of hydrogen-bond acceptors (Lipinski definition) is 0. The smallest absolute Gasteiger partial charge is 0.0396 e. The van der Waals surface area contributed by atoms with Crippen LogP contribution in [-0.2, 0) is 0 Å². The maximum atomic E-state index is 2.31. The van der Waals surface area contributed by atoms with Crippen LogP contribution >= 0.6 is 0 Å². The minimum absolute atomic E-state index is 0.833. The molecule has 0 saturated heterocycles. The normalized spacial score (nSPS) is 12.4. The van der Waals surface area contributed by atoms with Crippen molar-refractivity contribution in [1.29, 1.82) is 0 Å². The molecule has 0 aliphatic carbocycles. The van der Waals surface area contributed by atoms with Gasteiger partial charge >= 0.3 is 0 Å². The Hall–Kier alpha value is 0. The minimum Gasteiger partial charge on any atom is -0.0651 e. The van der Waals surface area contributed by atoms with Crippen molar-refractivity contribution in [1.82, 2.24) is 0 Å². The fourth-order valence-electron chi connectivity index (χ4n) is 3.90. The van der Waals surface area contributed by atoms with Gasteiger partial charge in [0.25, 0.3) is 0 Å². The molecule has 476 valence electrons. The first kappa shape index (κ1) is 107. The highest BCUT2D eigenvalue weighted by molar-refractivity contribution is 4.61. The van der Waals surface area contributed by atoms with E-state index >= 15 is 0 Å². The van der Waals surface area contributed by atoms with Gasteiger partial charge in [0.15, 0.2) is 0 Å². The molecule has 0 saturated carbocycles. The molecular weight excluding hydrogens is 901 g/mol. The molecule has 0 bridgehead atoms. The van der Waals surface area contributed by atoms with E-state index < -0.39 is 0 Å². The van der Waals surface area contributed by atoms with Crippen LogP contribution in [0.25, 0.3) is 0 Å². The molecule has 0 amide bonds. The van der Waals surface area contributed by atoms with Crippen molar-refractivity contribution in [2.24, 2.45) is 130 Å². The summed E-state index contributed by atoms with van der Waals surface area (Å²) in [6, 6.07) is 0. The van der Waals surface area contributed by atoms with Crippen LogP contribution in [0.5, 0.6) is 0 Å². The Kier molecular flexibility index (Phi) is 111. The largest absolute Gasteiger partial charge is 0.0651 e. The maximum absolute atomic E-state index is 2.31. The molecule has 0 N–H and O–H groups in total. The van der Waals surface area contributed by atoms with E-state index in [-0.39, 0.29) is 0 Å². The Morgan fingerprint density at radius 3 is 0.200 bits per heavy atom. The Labute approximate surface area is 492 Å². The molecule has 0 heterocycles. The molecule has 0 aliphatic heterocycles. The van der Waals surface area contributed by atoms with Gasteiger partial charge < -0.3 is 0 Å². The summed E-state index contributed by atoms with van der Waals surface area (Å²) in [6.07, 6.45) is 6.59. The molecule has 0 aromatic heterocycles. The van der Waals surface area contributed by atoms with Crippen molar-refractivity contribution in [2.45, 2.75) is 364 Å². The second-order valence-electron chi connectivity index (χ2n) is 30.2. The molecule has 0 heteroatoms. The van der Waals surface area contributed by atoms with Crippen LogP contribution in [0.2, 0.25) is 0 Å². The lowest BCUT2D eigenvalue weighted by Gasteiger charge is -2.18. The van der Waals surface area contributed by atoms with E-state index in [0.717, 1.165) is 130 Å². The van der Waals surface area contributed by atoms with Gasteiger partial charge in [0, 0.05) is 0 Å². The zero-order chi connectivity index (χ0) is 64.2. The second kappa shape index (κ2) is 78.2. The van der Waals surface area contributed by atoms with Crippen LogP contribution in [0, 0.1) is 130 Å². The van der Waals surface area contributed by atoms with Crippen molar-refractivity contribution in [3.63, 3.8) is 0 Å². The van der Waals surface area contributed by atoms with Crippen LogP contribution in [0.4, 0.5) is 0 Å². The standard InChI is InChI=1S/2C8H18.5C7H16.6C4H10/c2*1-6(2)8(5)7(3)4;5*1-5-7(4)6(2)3;6*1-4(2)3/h2*6-8H,1-5H3;5*6-7H,5H2,1-4H3;6*4H,1-3H3. The lowest BCUT2D eigenvalue weighted by atomic mass is 9.88. The Morgan fingerprint density at radius 2 is 0.200 bits per heavy atom. The summed E-state index contributed by atoms with van der Waals surface area (Å²) in [6.45, 7) is 107. The first-order valence-corrected chi connectivity index (χ1v) is 33.4. The summed E-state index contributed by atoms with van der Waals surface area (Å²) in [5, 5.41) is 0. The summed E-state index contributed by atoms with van der Waals surface area (Å²) < 4.78 is 0. The minimum atomic E-state index is 0.833. The van der Waals surface area contributed by atoms with Crippen molar-refractivity contribution in [3.05, 3.63) is 0 Å². The maximum Gasteiger partial charge on any atom is -0.0396 e. The van der Waals surface area contributed by atoms with Crippen molar-refractivity contribution in [2.75, 3.05) is 0 Å². The van der Waals surface area contributed by atoms with E-state index in [0.29, 0.717) is 0 Å². The van der Waals surface area contributed by atoms with Gasteiger partial charge in [-0.1, -0.05) is 364 Å². The molecule has 0 nitrogen and oxygen atoms in total. The Morgan fingerprint density at radius 1 is 0.133 bits per heavy atom. The first-order valence-electron chi connectivity index (χ1n) is 33.4.